The highest BCUT2D eigenvalue weighted by Crippen LogP contribution is 2.04. The summed E-state index contributed by atoms with van der Waals surface area (Å²) in [5.74, 6) is -0.307. The van der Waals surface area contributed by atoms with Gasteiger partial charge in [-0.1, -0.05) is 5.10 Å². The molecule has 0 aliphatic carbocycles. The number of aromatic amines is 1. The lowest BCUT2D eigenvalue weighted by Crippen LogP contribution is -1.86. The average molecular weight is 140 g/mol. The van der Waals surface area contributed by atoms with Gasteiger partial charge in [-0.3, -0.25) is 4.79 Å². The molecule has 10 heavy (non-hydrogen) atoms. The molecule has 1 rings (SSSR count). The molecular formula is C4H2N3O3. The van der Waals surface area contributed by atoms with Crippen molar-refractivity contribution >= 4 is 12.1 Å². The van der Waals surface area contributed by atoms with E-state index < -0.39 is 4.92 Å². The van der Waals surface area contributed by atoms with Crippen LogP contribution < -0.4 is 0 Å². The normalized spacial score (nSPS) is 9.20. The second-order valence-electron chi connectivity index (χ2n) is 1.50. The van der Waals surface area contributed by atoms with Gasteiger partial charge in [-0.2, -0.15) is 0 Å². The number of rotatable bonds is 2. The Labute approximate surface area is 55.0 Å². The van der Waals surface area contributed by atoms with E-state index in [2.05, 4.69) is 5.10 Å². The van der Waals surface area contributed by atoms with Crippen LogP contribution in [0.2, 0.25) is 0 Å². The average Bonchev–Trinajstić information content (AvgIpc) is 2.34. The fourth-order valence-corrected chi connectivity index (χ4v) is 0.457. The SMILES string of the molecule is O=[C]c1cc([N+](=O)[O-])[nH]n1. The maximum absolute atomic E-state index is 9.93. The summed E-state index contributed by atoms with van der Waals surface area (Å²) < 4.78 is 0. The van der Waals surface area contributed by atoms with Crippen molar-refractivity contribution in [3.8, 4) is 0 Å². The van der Waals surface area contributed by atoms with Crippen molar-refractivity contribution in [2.24, 2.45) is 0 Å². The first-order valence-corrected chi connectivity index (χ1v) is 2.32. The van der Waals surface area contributed by atoms with Gasteiger partial charge in [0.2, 0.25) is 0 Å². The van der Waals surface area contributed by atoms with Gasteiger partial charge >= 0.3 is 5.82 Å². The number of hydrogen-bond acceptors (Lipinski definition) is 4. The molecule has 1 N–H and O–H groups in total. The van der Waals surface area contributed by atoms with Gasteiger partial charge in [0.1, 0.15) is 0 Å². The molecule has 0 unspecified atom stereocenters. The van der Waals surface area contributed by atoms with Crippen molar-refractivity contribution in [2.45, 2.75) is 0 Å². The van der Waals surface area contributed by atoms with Crippen LogP contribution in [0.4, 0.5) is 5.82 Å². The Hall–Kier alpha value is -1.72. The van der Waals surface area contributed by atoms with Crippen molar-refractivity contribution in [1.29, 1.82) is 0 Å². The molecule has 0 aromatic carbocycles. The zero-order chi connectivity index (χ0) is 7.56. The molecule has 6 nitrogen and oxygen atoms in total. The van der Waals surface area contributed by atoms with Crippen LogP contribution in [0.25, 0.3) is 0 Å². The highest BCUT2D eigenvalue weighted by atomic mass is 16.6. The molecule has 1 aromatic heterocycles. The van der Waals surface area contributed by atoms with Crippen LogP contribution in [0.15, 0.2) is 6.07 Å². The van der Waals surface area contributed by atoms with Crippen LogP contribution in [0.5, 0.6) is 0 Å². The molecule has 0 amide bonds. The molecule has 0 fully saturated rings. The Morgan fingerprint density at radius 2 is 2.50 bits per heavy atom. The minimum absolute atomic E-state index is 0.0910. The van der Waals surface area contributed by atoms with Crippen LogP contribution in [0, 0.1) is 10.1 Å². The van der Waals surface area contributed by atoms with Crippen molar-refractivity contribution in [2.75, 3.05) is 0 Å². The Bertz CT molecular complexity index is 266. The van der Waals surface area contributed by atoms with E-state index in [0.717, 1.165) is 6.07 Å². The van der Waals surface area contributed by atoms with Gasteiger partial charge < -0.3 is 10.1 Å². The lowest BCUT2D eigenvalue weighted by Gasteiger charge is -1.83. The van der Waals surface area contributed by atoms with Crippen LogP contribution in [-0.4, -0.2) is 21.4 Å². The molecule has 0 saturated carbocycles. The van der Waals surface area contributed by atoms with E-state index in [4.69, 9.17) is 0 Å². The first-order chi connectivity index (χ1) is 4.74. The van der Waals surface area contributed by atoms with Gasteiger partial charge in [0.15, 0.2) is 5.69 Å². The predicted octanol–water partition coefficient (Wildman–Crippen LogP) is -0.224. The Morgan fingerprint density at radius 1 is 1.80 bits per heavy atom. The Morgan fingerprint density at radius 3 is 2.80 bits per heavy atom. The molecule has 6 heteroatoms. The summed E-state index contributed by atoms with van der Waals surface area (Å²) in [5, 5.41) is 15.2. The highest BCUT2D eigenvalue weighted by Gasteiger charge is 2.08. The van der Waals surface area contributed by atoms with E-state index >= 15 is 0 Å². The molecule has 1 radical (unpaired) electrons. The molecule has 0 saturated heterocycles. The van der Waals surface area contributed by atoms with Crippen LogP contribution in [0.3, 0.4) is 0 Å². The maximum atomic E-state index is 9.93. The topological polar surface area (TPSA) is 88.9 Å². The van der Waals surface area contributed by atoms with E-state index in [1.807, 2.05) is 5.10 Å². The third-order valence-electron chi connectivity index (χ3n) is 0.866. The van der Waals surface area contributed by atoms with E-state index in [-0.39, 0.29) is 11.5 Å². The molecule has 1 heterocycles. The number of H-pyrrole nitrogens is 1. The fourth-order valence-electron chi connectivity index (χ4n) is 0.457. The summed E-state index contributed by atoms with van der Waals surface area (Å²) in [4.78, 5) is 19.1. The summed E-state index contributed by atoms with van der Waals surface area (Å²) in [6.45, 7) is 0. The highest BCUT2D eigenvalue weighted by molar-refractivity contribution is 5.72. The maximum Gasteiger partial charge on any atom is 0.343 e. The molecule has 1 aromatic rings. The second kappa shape index (κ2) is 2.26. The number of nitrogens with zero attached hydrogens (tertiary/aromatic N) is 2. The monoisotopic (exact) mass is 140 g/mol. The van der Waals surface area contributed by atoms with Gasteiger partial charge in [0.25, 0.3) is 6.29 Å². The first kappa shape index (κ1) is 6.40. The molecule has 0 aliphatic rings. The molecule has 0 aliphatic heterocycles. The molecule has 0 spiro atoms. The standard InChI is InChI=1S/C4H2N3O3/c8-2-3-1-4(6-5-3)7(9)10/h1H,(H,5,6). The largest absolute Gasteiger partial charge is 0.358 e. The summed E-state index contributed by atoms with van der Waals surface area (Å²) >= 11 is 0. The van der Waals surface area contributed by atoms with Crippen molar-refractivity contribution in [3.63, 3.8) is 0 Å². The Kier molecular flexibility index (Phi) is 1.44. The lowest BCUT2D eigenvalue weighted by molar-refractivity contribution is -0.389. The fraction of sp³-hybridized carbons (Fsp3) is 0. The van der Waals surface area contributed by atoms with Crippen molar-refractivity contribution in [3.05, 3.63) is 21.9 Å². The summed E-state index contributed by atoms with van der Waals surface area (Å²) in [6, 6.07) is 1.01. The van der Waals surface area contributed by atoms with Gasteiger partial charge in [-0.15, -0.1) is 5.10 Å². The summed E-state index contributed by atoms with van der Waals surface area (Å²) in [5.41, 5.74) is -0.0910. The van der Waals surface area contributed by atoms with Crippen molar-refractivity contribution < 1.29 is 9.72 Å². The zero-order valence-corrected chi connectivity index (χ0v) is 4.70. The smallest absolute Gasteiger partial charge is 0.343 e. The number of carbonyl (C=O) groups excluding carboxylic acids is 1. The zero-order valence-electron chi connectivity index (χ0n) is 4.70. The van der Waals surface area contributed by atoms with E-state index in [9.17, 15) is 14.9 Å². The lowest BCUT2D eigenvalue weighted by atomic mass is 10.5. The van der Waals surface area contributed by atoms with Gasteiger partial charge in [-0.25, -0.2) is 0 Å². The molecule has 0 bridgehead atoms. The summed E-state index contributed by atoms with van der Waals surface area (Å²) in [7, 11) is 0. The third kappa shape index (κ3) is 0.993. The molecular weight excluding hydrogens is 138 g/mol. The van der Waals surface area contributed by atoms with Crippen LogP contribution >= 0.6 is 0 Å². The predicted molar refractivity (Wildman–Crippen MR) is 30.0 cm³/mol. The number of nitro groups is 1. The van der Waals surface area contributed by atoms with Gasteiger partial charge in [0, 0.05) is 0 Å². The van der Waals surface area contributed by atoms with E-state index in [1.165, 1.54) is 6.29 Å². The summed E-state index contributed by atoms with van der Waals surface area (Å²) in [6.07, 6.45) is 1.41. The van der Waals surface area contributed by atoms with Gasteiger partial charge in [-0.05, 0) is 4.92 Å². The van der Waals surface area contributed by atoms with E-state index in [0.29, 0.717) is 0 Å². The van der Waals surface area contributed by atoms with Crippen LogP contribution in [0.1, 0.15) is 5.69 Å². The number of hydrogen-bond donors (Lipinski definition) is 1. The quantitative estimate of drug-likeness (QED) is 0.454. The Balaban J connectivity index is 2.98. The number of aromatic nitrogens is 2. The number of nitrogens with one attached hydrogen (secondary N) is 1. The first-order valence-electron chi connectivity index (χ1n) is 2.32. The third-order valence-corrected chi connectivity index (χ3v) is 0.866. The van der Waals surface area contributed by atoms with Crippen LogP contribution in [-0.2, 0) is 4.79 Å². The second-order valence-corrected chi connectivity index (χ2v) is 1.50. The minimum atomic E-state index is -0.673. The molecule has 51 valence electrons. The minimum Gasteiger partial charge on any atom is -0.358 e. The van der Waals surface area contributed by atoms with E-state index in [1.54, 1.807) is 0 Å². The van der Waals surface area contributed by atoms with Crippen molar-refractivity contribution in [1.82, 2.24) is 10.2 Å². The molecule has 0 atom stereocenters. The van der Waals surface area contributed by atoms with Gasteiger partial charge in [0.05, 0.1) is 6.07 Å².